The van der Waals surface area contributed by atoms with E-state index in [0.29, 0.717) is 6.54 Å². The van der Waals surface area contributed by atoms with Gasteiger partial charge in [-0.05, 0) is 11.6 Å². The normalized spacial score (nSPS) is 9.55. The first-order valence-electron chi connectivity index (χ1n) is 3.41. The lowest BCUT2D eigenvalue weighted by Crippen LogP contribution is -1.96. The van der Waals surface area contributed by atoms with E-state index >= 15 is 0 Å². The molecule has 0 fully saturated rings. The first-order chi connectivity index (χ1) is 5.24. The number of rotatable bonds is 2. The molecule has 0 aromatic heterocycles. The van der Waals surface area contributed by atoms with E-state index in [1.54, 1.807) is 6.07 Å². The van der Waals surface area contributed by atoms with Gasteiger partial charge in [0.25, 0.3) is 0 Å². The van der Waals surface area contributed by atoms with Gasteiger partial charge in [-0.25, -0.2) is 0 Å². The predicted molar refractivity (Wildman–Crippen MR) is 46.0 cm³/mol. The lowest BCUT2D eigenvalue weighted by atomic mass is 10.1. The summed E-state index contributed by atoms with van der Waals surface area (Å²) >= 11 is 0. The van der Waals surface area contributed by atoms with Crippen molar-refractivity contribution in [1.82, 2.24) is 0 Å². The molecule has 0 radical (unpaired) electrons. The number of hydrogen-bond acceptors (Lipinski definition) is 2. The summed E-state index contributed by atoms with van der Waals surface area (Å²) in [5, 5.41) is 9.01. The lowest BCUT2D eigenvalue weighted by molar-refractivity contribution is 0.513. The van der Waals surface area contributed by atoms with Crippen molar-refractivity contribution in [2.24, 2.45) is 5.73 Å². The first kappa shape index (κ1) is 7.82. The van der Waals surface area contributed by atoms with Gasteiger partial charge in [-0.2, -0.15) is 0 Å². The standard InChI is InChI=1S/C9H11NO/c1-7(11)9-4-2-3-8(5-9)6-10/h2-5,11H,1,6,10H2. The van der Waals surface area contributed by atoms with Crippen LogP contribution in [0, 0.1) is 0 Å². The molecule has 0 unspecified atom stereocenters. The van der Waals surface area contributed by atoms with Crippen LogP contribution in [-0.2, 0) is 6.54 Å². The summed E-state index contributed by atoms with van der Waals surface area (Å²) < 4.78 is 0. The van der Waals surface area contributed by atoms with Gasteiger partial charge in [0.05, 0.1) is 0 Å². The highest BCUT2D eigenvalue weighted by molar-refractivity contribution is 5.56. The van der Waals surface area contributed by atoms with E-state index in [1.165, 1.54) is 0 Å². The number of aliphatic hydroxyl groups is 1. The van der Waals surface area contributed by atoms with Gasteiger partial charge in [0.2, 0.25) is 0 Å². The van der Waals surface area contributed by atoms with Crippen molar-refractivity contribution in [2.45, 2.75) is 6.54 Å². The summed E-state index contributed by atoms with van der Waals surface area (Å²) in [5.41, 5.74) is 7.14. The zero-order valence-corrected chi connectivity index (χ0v) is 6.25. The highest BCUT2D eigenvalue weighted by atomic mass is 16.3. The van der Waals surface area contributed by atoms with E-state index in [9.17, 15) is 0 Å². The molecule has 3 N–H and O–H groups in total. The number of benzene rings is 1. The quantitative estimate of drug-likeness (QED) is 0.628. The van der Waals surface area contributed by atoms with Crippen LogP contribution in [0.25, 0.3) is 5.76 Å². The van der Waals surface area contributed by atoms with Crippen LogP contribution in [0.3, 0.4) is 0 Å². The average Bonchev–Trinajstić information content (AvgIpc) is 2.05. The Bertz CT molecular complexity index is 268. The molecule has 0 aliphatic heterocycles. The van der Waals surface area contributed by atoms with Gasteiger partial charge in [-0.3, -0.25) is 0 Å². The van der Waals surface area contributed by atoms with Gasteiger partial charge in [-0.1, -0.05) is 24.8 Å². The Labute approximate surface area is 66.0 Å². The molecule has 11 heavy (non-hydrogen) atoms. The minimum absolute atomic E-state index is 0.0836. The van der Waals surface area contributed by atoms with Crippen molar-refractivity contribution in [3.05, 3.63) is 42.0 Å². The molecule has 58 valence electrons. The van der Waals surface area contributed by atoms with Gasteiger partial charge < -0.3 is 10.8 Å². The van der Waals surface area contributed by atoms with Crippen LogP contribution in [0.1, 0.15) is 11.1 Å². The molecule has 1 rings (SSSR count). The fraction of sp³-hybridized carbons (Fsp3) is 0.111. The Morgan fingerprint density at radius 2 is 2.27 bits per heavy atom. The molecular formula is C9H11NO. The molecule has 2 nitrogen and oxygen atoms in total. The predicted octanol–water partition coefficient (Wildman–Crippen LogP) is 1.67. The first-order valence-corrected chi connectivity index (χ1v) is 3.41. The van der Waals surface area contributed by atoms with Gasteiger partial charge >= 0.3 is 0 Å². The van der Waals surface area contributed by atoms with E-state index in [2.05, 4.69) is 6.58 Å². The Kier molecular flexibility index (Phi) is 2.28. The highest BCUT2D eigenvalue weighted by Crippen LogP contribution is 2.10. The third kappa shape index (κ3) is 1.82. The minimum Gasteiger partial charge on any atom is -0.508 e. The van der Waals surface area contributed by atoms with Crippen LogP contribution in [0.2, 0.25) is 0 Å². The zero-order chi connectivity index (χ0) is 8.27. The van der Waals surface area contributed by atoms with E-state index in [1.807, 2.05) is 18.2 Å². The Balaban J connectivity index is 3.01. The molecule has 1 aromatic carbocycles. The second kappa shape index (κ2) is 3.21. The molecule has 0 aliphatic rings. The summed E-state index contributed by atoms with van der Waals surface area (Å²) in [6, 6.07) is 7.37. The molecule has 0 amide bonds. The van der Waals surface area contributed by atoms with E-state index < -0.39 is 0 Å². The second-order valence-electron chi connectivity index (χ2n) is 2.35. The highest BCUT2D eigenvalue weighted by Gasteiger charge is 1.95. The van der Waals surface area contributed by atoms with E-state index in [0.717, 1.165) is 11.1 Å². The van der Waals surface area contributed by atoms with Crippen molar-refractivity contribution in [1.29, 1.82) is 0 Å². The summed E-state index contributed by atoms with van der Waals surface area (Å²) in [6.07, 6.45) is 0. The molecule has 0 saturated carbocycles. The molecule has 0 saturated heterocycles. The third-order valence-corrected chi connectivity index (χ3v) is 1.50. The Hall–Kier alpha value is -1.28. The fourth-order valence-electron chi connectivity index (χ4n) is 0.878. The maximum absolute atomic E-state index is 9.01. The fourth-order valence-corrected chi connectivity index (χ4v) is 0.878. The van der Waals surface area contributed by atoms with Crippen LogP contribution < -0.4 is 5.73 Å². The average molecular weight is 149 g/mol. The molecule has 0 aliphatic carbocycles. The van der Waals surface area contributed by atoms with E-state index in [-0.39, 0.29) is 5.76 Å². The number of nitrogens with two attached hydrogens (primary N) is 1. The van der Waals surface area contributed by atoms with Crippen molar-refractivity contribution >= 4 is 5.76 Å². The summed E-state index contributed by atoms with van der Waals surface area (Å²) in [7, 11) is 0. The molecule has 0 bridgehead atoms. The van der Waals surface area contributed by atoms with Gasteiger partial charge in [0.1, 0.15) is 5.76 Å². The van der Waals surface area contributed by atoms with Crippen LogP contribution in [0.4, 0.5) is 0 Å². The third-order valence-electron chi connectivity index (χ3n) is 1.50. The maximum atomic E-state index is 9.01. The Morgan fingerprint density at radius 3 is 2.82 bits per heavy atom. The van der Waals surface area contributed by atoms with E-state index in [4.69, 9.17) is 10.8 Å². The van der Waals surface area contributed by atoms with Crippen LogP contribution in [-0.4, -0.2) is 5.11 Å². The summed E-state index contributed by atoms with van der Waals surface area (Å²) in [6.45, 7) is 3.90. The van der Waals surface area contributed by atoms with Gasteiger partial charge in [-0.15, -0.1) is 0 Å². The SMILES string of the molecule is C=C(O)c1cccc(CN)c1. The largest absolute Gasteiger partial charge is 0.508 e. The van der Waals surface area contributed by atoms with Crippen molar-refractivity contribution in [2.75, 3.05) is 0 Å². The zero-order valence-electron chi connectivity index (χ0n) is 6.25. The summed E-state index contributed by atoms with van der Waals surface area (Å²) in [5.74, 6) is 0.0836. The minimum atomic E-state index is 0.0836. The van der Waals surface area contributed by atoms with Crippen LogP contribution in [0.15, 0.2) is 30.8 Å². The van der Waals surface area contributed by atoms with Crippen molar-refractivity contribution in [3.63, 3.8) is 0 Å². The molecule has 0 heterocycles. The van der Waals surface area contributed by atoms with Crippen LogP contribution >= 0.6 is 0 Å². The van der Waals surface area contributed by atoms with Gasteiger partial charge in [0, 0.05) is 12.1 Å². The molecule has 0 spiro atoms. The molecule has 0 atom stereocenters. The maximum Gasteiger partial charge on any atom is 0.115 e. The van der Waals surface area contributed by atoms with Crippen molar-refractivity contribution in [3.8, 4) is 0 Å². The lowest BCUT2D eigenvalue weighted by Gasteiger charge is -2.00. The smallest absolute Gasteiger partial charge is 0.115 e. The topological polar surface area (TPSA) is 46.2 Å². The molecule has 2 heteroatoms. The van der Waals surface area contributed by atoms with Crippen molar-refractivity contribution < 1.29 is 5.11 Å². The second-order valence-corrected chi connectivity index (χ2v) is 2.35. The molecule has 1 aromatic rings. The number of aliphatic hydroxyl groups excluding tert-OH is 1. The Morgan fingerprint density at radius 1 is 1.55 bits per heavy atom. The van der Waals surface area contributed by atoms with Gasteiger partial charge in [0.15, 0.2) is 0 Å². The summed E-state index contributed by atoms with van der Waals surface area (Å²) in [4.78, 5) is 0. The molecular weight excluding hydrogens is 138 g/mol. The number of hydrogen-bond donors (Lipinski definition) is 2. The monoisotopic (exact) mass is 149 g/mol. The van der Waals surface area contributed by atoms with Crippen LogP contribution in [0.5, 0.6) is 0 Å².